The van der Waals surface area contributed by atoms with Crippen molar-refractivity contribution in [3.8, 4) is 6.07 Å². The van der Waals surface area contributed by atoms with Crippen molar-refractivity contribution in [2.45, 2.75) is 16.6 Å². The number of anilines is 1. The molecule has 1 aliphatic heterocycles. The van der Waals surface area contributed by atoms with E-state index in [2.05, 4.69) is 9.97 Å². The molecule has 1 aromatic carbocycles. The van der Waals surface area contributed by atoms with E-state index in [-0.39, 0.29) is 15.6 Å². The highest BCUT2D eigenvalue weighted by molar-refractivity contribution is 7.92. The van der Waals surface area contributed by atoms with Gasteiger partial charge in [-0.15, -0.1) is 0 Å². The molecule has 0 N–H and O–H groups in total. The van der Waals surface area contributed by atoms with Gasteiger partial charge in [0.2, 0.25) is 0 Å². The molecule has 1 fully saturated rings. The maximum absolute atomic E-state index is 12.8. The van der Waals surface area contributed by atoms with Crippen LogP contribution in [-0.2, 0) is 9.84 Å². The average Bonchev–Trinajstić information content (AvgIpc) is 3.06. The van der Waals surface area contributed by atoms with Crippen LogP contribution >= 0.6 is 11.6 Å². The maximum Gasteiger partial charge on any atom is 0.184 e. The first kappa shape index (κ1) is 15.7. The summed E-state index contributed by atoms with van der Waals surface area (Å²) in [7, 11) is -3.51. The third-order valence-electron chi connectivity index (χ3n) is 3.79. The van der Waals surface area contributed by atoms with Gasteiger partial charge in [0.15, 0.2) is 15.5 Å². The number of rotatable bonds is 3. The van der Waals surface area contributed by atoms with Crippen LogP contribution in [0, 0.1) is 11.3 Å². The Balaban J connectivity index is 1.85. The van der Waals surface area contributed by atoms with E-state index in [1.54, 1.807) is 18.2 Å². The number of sulfone groups is 1. The molecule has 3 rings (SSSR count). The Bertz CT molecular complexity index is 879. The molecular formula is C15H13ClN4O2S. The van der Waals surface area contributed by atoms with Crippen LogP contribution in [0.5, 0.6) is 0 Å². The van der Waals surface area contributed by atoms with E-state index in [1.807, 2.05) is 11.0 Å². The van der Waals surface area contributed by atoms with Gasteiger partial charge in [-0.2, -0.15) is 5.26 Å². The van der Waals surface area contributed by atoms with Crippen molar-refractivity contribution in [1.29, 1.82) is 5.26 Å². The van der Waals surface area contributed by atoms with Gasteiger partial charge >= 0.3 is 0 Å². The summed E-state index contributed by atoms with van der Waals surface area (Å²) < 4.78 is 25.5. The van der Waals surface area contributed by atoms with Crippen LogP contribution in [-0.4, -0.2) is 36.7 Å². The lowest BCUT2D eigenvalue weighted by molar-refractivity contribution is 0.583. The molecule has 2 heterocycles. The predicted octanol–water partition coefficient (Wildman–Crippen LogP) is 2.05. The monoisotopic (exact) mass is 348 g/mol. The fourth-order valence-electron chi connectivity index (χ4n) is 2.61. The molecule has 8 heteroatoms. The maximum atomic E-state index is 12.8. The van der Waals surface area contributed by atoms with Crippen molar-refractivity contribution in [3.63, 3.8) is 0 Å². The van der Waals surface area contributed by atoms with Crippen molar-refractivity contribution < 1.29 is 8.42 Å². The van der Waals surface area contributed by atoms with Gasteiger partial charge in [-0.3, -0.25) is 4.98 Å². The standard InChI is InChI=1S/C15H13ClN4O2S/c16-13-3-1-2-4-14(13)23(21,22)12-5-6-20(10-12)15-9-18-8-11(7-17)19-15/h1-4,8-9,12H,5-6,10H2. The molecule has 0 radical (unpaired) electrons. The molecule has 0 spiro atoms. The van der Waals surface area contributed by atoms with Crippen LogP contribution in [0.15, 0.2) is 41.6 Å². The van der Waals surface area contributed by atoms with Crippen molar-refractivity contribution >= 4 is 27.3 Å². The fourth-order valence-corrected chi connectivity index (χ4v) is 4.82. The van der Waals surface area contributed by atoms with Crippen LogP contribution in [0.3, 0.4) is 0 Å². The van der Waals surface area contributed by atoms with E-state index < -0.39 is 15.1 Å². The van der Waals surface area contributed by atoms with Gasteiger partial charge in [0.05, 0.1) is 27.6 Å². The topological polar surface area (TPSA) is 87.0 Å². The zero-order valence-corrected chi connectivity index (χ0v) is 13.6. The summed E-state index contributed by atoms with van der Waals surface area (Å²) in [5, 5.41) is 8.56. The normalized spacial score (nSPS) is 17.9. The molecule has 2 aromatic rings. The first-order valence-corrected chi connectivity index (χ1v) is 8.90. The summed E-state index contributed by atoms with van der Waals surface area (Å²) in [6.07, 6.45) is 3.38. The first-order chi connectivity index (χ1) is 11.0. The second-order valence-corrected chi connectivity index (χ2v) is 7.81. The average molecular weight is 349 g/mol. The summed E-state index contributed by atoms with van der Waals surface area (Å²) in [6.45, 7) is 0.842. The van der Waals surface area contributed by atoms with E-state index in [9.17, 15) is 8.42 Å². The number of hydrogen-bond acceptors (Lipinski definition) is 6. The molecule has 1 aliphatic rings. The highest BCUT2D eigenvalue weighted by Gasteiger charge is 2.35. The molecule has 1 atom stereocenters. The molecule has 0 saturated carbocycles. The summed E-state index contributed by atoms with van der Waals surface area (Å²) in [5.41, 5.74) is 0.208. The Kier molecular flexibility index (Phi) is 4.20. The predicted molar refractivity (Wildman–Crippen MR) is 86.0 cm³/mol. The van der Waals surface area contributed by atoms with Crippen LogP contribution in [0.2, 0.25) is 5.02 Å². The zero-order chi connectivity index (χ0) is 16.4. The Morgan fingerprint density at radius 3 is 2.83 bits per heavy atom. The summed E-state index contributed by atoms with van der Waals surface area (Å²) >= 11 is 6.03. The Morgan fingerprint density at radius 2 is 2.09 bits per heavy atom. The van der Waals surface area contributed by atoms with Gasteiger partial charge in [0, 0.05) is 13.1 Å². The van der Waals surface area contributed by atoms with Crippen molar-refractivity contribution in [2.75, 3.05) is 18.0 Å². The minimum atomic E-state index is -3.51. The van der Waals surface area contributed by atoms with E-state index in [1.165, 1.54) is 18.5 Å². The molecule has 1 saturated heterocycles. The molecule has 118 valence electrons. The lowest BCUT2D eigenvalue weighted by Gasteiger charge is -2.17. The number of nitrogens with zero attached hydrogens (tertiary/aromatic N) is 4. The summed E-state index contributed by atoms with van der Waals surface area (Å²) in [5.74, 6) is 0.515. The molecule has 0 amide bonds. The third-order valence-corrected chi connectivity index (χ3v) is 6.46. The van der Waals surface area contributed by atoms with Crippen LogP contribution < -0.4 is 4.90 Å². The second-order valence-electron chi connectivity index (χ2n) is 5.21. The van der Waals surface area contributed by atoms with Crippen LogP contribution in [0.25, 0.3) is 0 Å². The number of halogens is 1. The molecule has 0 aliphatic carbocycles. The van der Waals surface area contributed by atoms with Crippen LogP contribution in [0.1, 0.15) is 12.1 Å². The molecule has 0 bridgehead atoms. The number of nitriles is 1. The third kappa shape index (κ3) is 3.00. The number of hydrogen-bond donors (Lipinski definition) is 0. The smallest absolute Gasteiger partial charge is 0.184 e. The van der Waals surface area contributed by atoms with E-state index in [0.717, 1.165) is 0 Å². The van der Waals surface area contributed by atoms with E-state index in [0.29, 0.717) is 25.3 Å². The Labute approximate surface area is 139 Å². The van der Waals surface area contributed by atoms with Crippen LogP contribution in [0.4, 0.5) is 5.82 Å². The van der Waals surface area contributed by atoms with E-state index >= 15 is 0 Å². The summed E-state index contributed by atoms with van der Waals surface area (Å²) in [6, 6.07) is 8.39. The molecule has 23 heavy (non-hydrogen) atoms. The van der Waals surface area contributed by atoms with Crippen molar-refractivity contribution in [3.05, 3.63) is 47.4 Å². The largest absolute Gasteiger partial charge is 0.354 e. The highest BCUT2D eigenvalue weighted by Crippen LogP contribution is 2.30. The number of aromatic nitrogens is 2. The van der Waals surface area contributed by atoms with Gasteiger partial charge in [0.1, 0.15) is 11.9 Å². The number of benzene rings is 1. The molecule has 1 unspecified atom stereocenters. The van der Waals surface area contributed by atoms with Gasteiger partial charge in [-0.1, -0.05) is 23.7 Å². The lowest BCUT2D eigenvalue weighted by Crippen LogP contribution is -2.27. The van der Waals surface area contributed by atoms with E-state index in [4.69, 9.17) is 16.9 Å². The Morgan fingerprint density at radius 1 is 1.30 bits per heavy atom. The fraction of sp³-hybridized carbons (Fsp3) is 0.267. The summed E-state index contributed by atoms with van der Waals surface area (Å²) in [4.78, 5) is 10.1. The van der Waals surface area contributed by atoms with Gasteiger partial charge < -0.3 is 4.90 Å². The van der Waals surface area contributed by atoms with Gasteiger partial charge in [-0.25, -0.2) is 13.4 Å². The molecular weight excluding hydrogens is 336 g/mol. The first-order valence-electron chi connectivity index (χ1n) is 6.98. The molecule has 6 nitrogen and oxygen atoms in total. The van der Waals surface area contributed by atoms with Crippen molar-refractivity contribution in [1.82, 2.24) is 9.97 Å². The lowest BCUT2D eigenvalue weighted by atomic mass is 10.4. The highest BCUT2D eigenvalue weighted by atomic mass is 35.5. The Hall–Kier alpha value is -2.17. The second kappa shape index (κ2) is 6.14. The quantitative estimate of drug-likeness (QED) is 0.843. The zero-order valence-electron chi connectivity index (χ0n) is 12.1. The van der Waals surface area contributed by atoms with Gasteiger partial charge in [0.25, 0.3) is 0 Å². The molecule has 1 aromatic heterocycles. The minimum absolute atomic E-state index is 0.158. The SMILES string of the molecule is N#Cc1cncc(N2CCC(S(=O)(=O)c3ccccc3Cl)C2)n1. The minimum Gasteiger partial charge on any atom is -0.354 e. The van der Waals surface area contributed by atoms with Crippen molar-refractivity contribution in [2.24, 2.45) is 0 Å². The van der Waals surface area contributed by atoms with Gasteiger partial charge in [-0.05, 0) is 18.6 Å².